The molecule has 37 heavy (non-hydrogen) atoms. The van der Waals surface area contributed by atoms with Gasteiger partial charge in [-0.2, -0.15) is 0 Å². The molecule has 3 aromatic carbocycles. The van der Waals surface area contributed by atoms with E-state index >= 15 is 0 Å². The van der Waals surface area contributed by atoms with Gasteiger partial charge in [0.05, 0.1) is 29.9 Å². The molecule has 0 spiro atoms. The number of anilines is 1. The van der Waals surface area contributed by atoms with Crippen LogP contribution in [0.15, 0.2) is 88.8 Å². The fraction of sp³-hybridized carbons (Fsp3) is 0.241. The predicted octanol–water partition coefficient (Wildman–Crippen LogP) is 6.08. The number of aromatic nitrogens is 2. The summed E-state index contributed by atoms with van der Waals surface area (Å²) in [5.41, 5.74) is 5.17. The topological polar surface area (TPSA) is 56.6 Å². The zero-order valence-corrected chi connectivity index (χ0v) is 23.7. The fourth-order valence-corrected chi connectivity index (χ4v) is 6.11. The normalized spacial score (nSPS) is 14.3. The van der Waals surface area contributed by atoms with Crippen LogP contribution in [0.1, 0.15) is 22.1 Å². The summed E-state index contributed by atoms with van der Waals surface area (Å²) in [7, 11) is 3.64. The molecule has 8 heteroatoms. The number of alkyl halides is 1. The first kappa shape index (κ1) is 25.7. The molecule has 1 aromatic heterocycles. The molecule has 1 aliphatic rings. The molecule has 4 aromatic rings. The Morgan fingerprint density at radius 1 is 1.08 bits per heavy atom. The summed E-state index contributed by atoms with van der Waals surface area (Å²) in [5, 5.41) is 0.202. The standard InChI is InChI=1S/C29H28IN3O3S/c1-32(22-6-4-3-5-7-22)14-15-36-25-13-12-23(16-26(25)35-2)33-19-31-24-17-27(37-28(24)29(33)34)21-10-8-20(18-30)9-11-21/h3-13,16,19,27H,14-15,17-18H2,1-2H3. The van der Waals surface area contributed by atoms with E-state index in [2.05, 4.69) is 68.9 Å². The van der Waals surface area contributed by atoms with Gasteiger partial charge in [0.25, 0.3) is 5.56 Å². The number of ether oxygens (including phenoxy) is 2. The molecule has 1 unspecified atom stereocenters. The monoisotopic (exact) mass is 625 g/mol. The Kier molecular flexibility index (Phi) is 8.05. The highest BCUT2D eigenvalue weighted by molar-refractivity contribution is 14.1. The summed E-state index contributed by atoms with van der Waals surface area (Å²) >= 11 is 3.97. The van der Waals surface area contributed by atoms with Crippen molar-refractivity contribution in [2.45, 2.75) is 21.0 Å². The Morgan fingerprint density at radius 2 is 1.86 bits per heavy atom. The lowest BCUT2D eigenvalue weighted by Crippen LogP contribution is -2.23. The van der Waals surface area contributed by atoms with E-state index < -0.39 is 0 Å². The van der Waals surface area contributed by atoms with Crippen LogP contribution in [0.5, 0.6) is 11.5 Å². The third kappa shape index (κ3) is 5.65. The van der Waals surface area contributed by atoms with Crippen molar-refractivity contribution in [3.8, 4) is 17.2 Å². The average Bonchev–Trinajstić information content (AvgIpc) is 3.39. The molecule has 1 aliphatic heterocycles. The fourth-order valence-electron chi connectivity index (χ4n) is 4.32. The van der Waals surface area contributed by atoms with E-state index in [9.17, 15) is 4.79 Å². The first-order valence-electron chi connectivity index (χ1n) is 12.1. The Morgan fingerprint density at radius 3 is 2.59 bits per heavy atom. The second kappa shape index (κ2) is 11.6. The first-order chi connectivity index (χ1) is 18.1. The van der Waals surface area contributed by atoms with E-state index in [1.807, 2.05) is 43.4 Å². The van der Waals surface area contributed by atoms with Crippen LogP contribution >= 0.6 is 34.4 Å². The van der Waals surface area contributed by atoms with Crippen LogP contribution in [0, 0.1) is 0 Å². The van der Waals surface area contributed by atoms with Gasteiger partial charge in [-0.3, -0.25) is 9.36 Å². The molecule has 190 valence electrons. The van der Waals surface area contributed by atoms with E-state index in [4.69, 9.17) is 9.47 Å². The van der Waals surface area contributed by atoms with Crippen molar-refractivity contribution >= 4 is 40.0 Å². The van der Waals surface area contributed by atoms with E-state index in [1.165, 1.54) is 11.1 Å². The minimum Gasteiger partial charge on any atom is -0.493 e. The van der Waals surface area contributed by atoms with Gasteiger partial charge < -0.3 is 14.4 Å². The molecule has 0 N–H and O–H groups in total. The number of thioether (sulfide) groups is 1. The van der Waals surface area contributed by atoms with Gasteiger partial charge in [-0.15, -0.1) is 11.8 Å². The SMILES string of the molecule is COc1cc(-n2cnc3c(c2=O)SC(c2ccc(CI)cc2)C3)ccc1OCCN(C)c1ccccc1. The lowest BCUT2D eigenvalue weighted by molar-refractivity contribution is 0.301. The number of methoxy groups -OCH3 is 1. The zero-order chi connectivity index (χ0) is 25.8. The van der Waals surface area contributed by atoms with Gasteiger partial charge in [0.2, 0.25) is 0 Å². The Hall–Kier alpha value is -2.98. The second-order valence-corrected chi connectivity index (χ2v) is 10.8. The highest BCUT2D eigenvalue weighted by Gasteiger charge is 2.28. The van der Waals surface area contributed by atoms with Crippen LogP contribution in [0.2, 0.25) is 0 Å². The summed E-state index contributed by atoms with van der Waals surface area (Å²) in [4.78, 5) is 20.9. The summed E-state index contributed by atoms with van der Waals surface area (Å²) in [6.45, 7) is 1.22. The maximum absolute atomic E-state index is 13.4. The summed E-state index contributed by atoms with van der Waals surface area (Å²) < 4.78 is 14.2. The highest BCUT2D eigenvalue weighted by atomic mass is 127. The predicted molar refractivity (Wildman–Crippen MR) is 158 cm³/mol. The minimum absolute atomic E-state index is 0.0541. The van der Waals surface area contributed by atoms with Crippen LogP contribution in [-0.4, -0.2) is 36.9 Å². The van der Waals surface area contributed by atoms with Crippen molar-refractivity contribution in [2.75, 3.05) is 32.2 Å². The average molecular weight is 626 g/mol. The number of likely N-dealkylation sites (N-methyl/N-ethyl adjacent to an activating group) is 1. The second-order valence-electron chi connectivity index (χ2n) is 8.82. The highest BCUT2D eigenvalue weighted by Crippen LogP contribution is 2.44. The molecule has 0 fully saturated rings. The van der Waals surface area contributed by atoms with Gasteiger partial charge in [-0.05, 0) is 35.4 Å². The number of hydrogen-bond donors (Lipinski definition) is 0. The van der Waals surface area contributed by atoms with Crippen molar-refractivity contribution in [2.24, 2.45) is 0 Å². The summed E-state index contributed by atoms with van der Waals surface area (Å²) in [5.74, 6) is 1.22. The number of nitrogens with zero attached hydrogens (tertiary/aromatic N) is 3. The molecule has 0 saturated carbocycles. The quantitative estimate of drug-likeness (QED) is 0.166. The van der Waals surface area contributed by atoms with Gasteiger partial charge >= 0.3 is 0 Å². The zero-order valence-electron chi connectivity index (χ0n) is 20.8. The molecule has 0 bridgehead atoms. The van der Waals surface area contributed by atoms with Crippen molar-refractivity contribution in [1.29, 1.82) is 0 Å². The van der Waals surface area contributed by atoms with E-state index in [0.29, 0.717) is 28.7 Å². The lowest BCUT2D eigenvalue weighted by Gasteiger charge is -2.20. The van der Waals surface area contributed by atoms with Gasteiger partial charge in [0.15, 0.2) is 11.5 Å². The molecular weight excluding hydrogens is 597 g/mol. The summed E-state index contributed by atoms with van der Waals surface area (Å²) in [6.07, 6.45) is 2.38. The number of benzene rings is 3. The molecule has 0 aliphatic carbocycles. The van der Waals surface area contributed by atoms with Crippen molar-refractivity contribution in [3.63, 3.8) is 0 Å². The van der Waals surface area contributed by atoms with E-state index in [-0.39, 0.29) is 10.8 Å². The molecular formula is C29H28IN3O3S. The third-order valence-electron chi connectivity index (χ3n) is 6.46. The number of hydrogen-bond acceptors (Lipinski definition) is 6. The van der Waals surface area contributed by atoms with Gasteiger partial charge in [-0.25, -0.2) is 4.98 Å². The largest absolute Gasteiger partial charge is 0.493 e. The molecule has 1 atom stereocenters. The van der Waals surface area contributed by atoms with Crippen LogP contribution in [0.4, 0.5) is 5.69 Å². The minimum atomic E-state index is -0.0541. The lowest BCUT2D eigenvalue weighted by atomic mass is 10.1. The van der Waals surface area contributed by atoms with Crippen molar-refractivity contribution in [3.05, 3.63) is 106 Å². The van der Waals surface area contributed by atoms with Gasteiger partial charge in [-0.1, -0.05) is 65.1 Å². The first-order valence-corrected chi connectivity index (χ1v) is 14.5. The molecule has 5 rings (SSSR count). The third-order valence-corrected chi connectivity index (χ3v) is 8.71. The Bertz CT molecular complexity index is 1430. The van der Waals surface area contributed by atoms with Crippen molar-refractivity contribution < 1.29 is 9.47 Å². The Labute approximate surface area is 234 Å². The number of halogens is 1. The molecule has 6 nitrogen and oxygen atoms in total. The van der Waals surface area contributed by atoms with Crippen LogP contribution in [-0.2, 0) is 10.8 Å². The van der Waals surface area contributed by atoms with Crippen LogP contribution in [0.3, 0.4) is 0 Å². The van der Waals surface area contributed by atoms with Crippen molar-refractivity contribution in [1.82, 2.24) is 9.55 Å². The van der Waals surface area contributed by atoms with Crippen LogP contribution in [0.25, 0.3) is 5.69 Å². The summed E-state index contributed by atoms with van der Waals surface area (Å²) in [6, 6.07) is 24.4. The van der Waals surface area contributed by atoms with E-state index in [1.54, 1.807) is 29.8 Å². The number of rotatable bonds is 9. The smallest absolute Gasteiger partial charge is 0.271 e. The molecule has 0 radical (unpaired) electrons. The number of fused-ring (bicyclic) bond motifs is 1. The Balaban J connectivity index is 1.30. The van der Waals surface area contributed by atoms with Crippen LogP contribution < -0.4 is 19.9 Å². The van der Waals surface area contributed by atoms with Gasteiger partial charge in [0, 0.05) is 34.9 Å². The van der Waals surface area contributed by atoms with E-state index in [0.717, 1.165) is 28.8 Å². The van der Waals surface area contributed by atoms with Gasteiger partial charge in [0.1, 0.15) is 12.9 Å². The molecule has 0 amide bonds. The maximum atomic E-state index is 13.4. The maximum Gasteiger partial charge on any atom is 0.271 e. The number of para-hydroxylation sites is 1. The molecule has 0 saturated heterocycles. The molecule has 2 heterocycles.